The highest BCUT2D eigenvalue weighted by atomic mass is 32.1. The van der Waals surface area contributed by atoms with Gasteiger partial charge in [-0.2, -0.15) is 0 Å². The molecule has 10 heteroatoms. The van der Waals surface area contributed by atoms with Gasteiger partial charge < -0.3 is 20.9 Å². The van der Waals surface area contributed by atoms with Crippen molar-refractivity contribution >= 4 is 35.1 Å². The van der Waals surface area contributed by atoms with Gasteiger partial charge in [0, 0.05) is 25.0 Å². The third-order valence-corrected chi connectivity index (χ3v) is 6.10. The molecule has 152 valence electrons. The van der Waals surface area contributed by atoms with E-state index in [0.717, 1.165) is 40.7 Å². The molecule has 0 fully saturated rings. The molecular weight excluding hydrogens is 412 g/mol. The van der Waals surface area contributed by atoms with E-state index in [-0.39, 0.29) is 24.8 Å². The van der Waals surface area contributed by atoms with E-state index in [9.17, 15) is 9.59 Å². The van der Waals surface area contributed by atoms with Crippen LogP contribution in [0, 0.1) is 0 Å². The molecule has 1 amide bonds. The van der Waals surface area contributed by atoms with Crippen molar-refractivity contribution in [2.45, 2.75) is 12.8 Å². The molecule has 3 aromatic rings. The quantitative estimate of drug-likeness (QED) is 0.510. The van der Waals surface area contributed by atoms with Crippen LogP contribution in [0.25, 0.3) is 10.4 Å². The predicted octanol–water partition coefficient (Wildman–Crippen LogP) is 2.27. The number of aryl methyl sites for hydroxylation is 1. The summed E-state index contributed by atoms with van der Waals surface area (Å²) in [4.78, 5) is 29.3. The second kappa shape index (κ2) is 9.70. The Morgan fingerprint density at radius 1 is 1.41 bits per heavy atom. The van der Waals surface area contributed by atoms with Crippen molar-refractivity contribution in [1.29, 1.82) is 0 Å². The minimum Gasteiger partial charge on any atom is -0.446 e. The van der Waals surface area contributed by atoms with Crippen LogP contribution in [0.5, 0.6) is 10.8 Å². The van der Waals surface area contributed by atoms with Crippen LogP contribution < -0.4 is 15.8 Å². The maximum absolute atomic E-state index is 12.0. The SMILES string of the molecule is CN.O=Cc1sc(Oc2ccnc(C(=O)NCCO)c2)c2c1CCc1cnsc1-2. The number of rotatable bonds is 6. The first kappa shape index (κ1) is 21.1. The molecule has 1 aliphatic carbocycles. The second-order valence-electron chi connectivity index (χ2n) is 5.86. The standard InChI is InChI=1S/C18H15N3O4S2.CH5N/c22-6-5-20-17(24)13-7-11(3-4-19-13)25-18-15-12(14(9-23)26-18)2-1-10-8-21-27-16(10)15;1-2/h3-4,7-9,22H,1-2,5-6H2,(H,20,24);2H2,1H3. The van der Waals surface area contributed by atoms with Gasteiger partial charge in [-0.25, -0.2) is 4.37 Å². The second-order valence-corrected chi connectivity index (χ2v) is 7.68. The fraction of sp³-hybridized carbons (Fsp3) is 0.263. The molecule has 8 nitrogen and oxygen atoms in total. The van der Waals surface area contributed by atoms with Gasteiger partial charge in [-0.05, 0) is 48.6 Å². The van der Waals surface area contributed by atoms with Gasteiger partial charge in [-0.3, -0.25) is 14.6 Å². The number of nitrogens with two attached hydrogens (primary N) is 1. The van der Waals surface area contributed by atoms with Crippen LogP contribution in [0.15, 0.2) is 24.5 Å². The summed E-state index contributed by atoms with van der Waals surface area (Å²) in [5.41, 5.74) is 7.78. The van der Waals surface area contributed by atoms with E-state index in [4.69, 9.17) is 9.84 Å². The summed E-state index contributed by atoms with van der Waals surface area (Å²) in [7, 11) is 1.50. The number of thiophene rings is 1. The minimum absolute atomic E-state index is 0.144. The number of nitrogens with one attached hydrogen (secondary N) is 1. The average molecular weight is 433 g/mol. The summed E-state index contributed by atoms with van der Waals surface area (Å²) in [6.07, 6.45) is 5.85. The first-order valence-corrected chi connectivity index (χ1v) is 10.5. The van der Waals surface area contributed by atoms with E-state index >= 15 is 0 Å². The number of aromatic nitrogens is 2. The first-order valence-electron chi connectivity index (χ1n) is 8.86. The summed E-state index contributed by atoms with van der Waals surface area (Å²) < 4.78 is 10.3. The number of pyridine rings is 1. The molecule has 29 heavy (non-hydrogen) atoms. The van der Waals surface area contributed by atoms with Crippen LogP contribution in [0.2, 0.25) is 0 Å². The fourth-order valence-electron chi connectivity index (χ4n) is 2.97. The normalized spacial score (nSPS) is 11.6. The van der Waals surface area contributed by atoms with E-state index in [1.165, 1.54) is 42.2 Å². The number of aliphatic hydroxyl groups excluding tert-OH is 1. The van der Waals surface area contributed by atoms with Gasteiger partial charge in [0.15, 0.2) is 11.3 Å². The Balaban J connectivity index is 0.00000117. The summed E-state index contributed by atoms with van der Waals surface area (Å²) >= 11 is 2.69. The Morgan fingerprint density at radius 3 is 3.00 bits per heavy atom. The van der Waals surface area contributed by atoms with Gasteiger partial charge in [0.1, 0.15) is 11.4 Å². The molecule has 0 saturated carbocycles. The molecule has 0 saturated heterocycles. The Morgan fingerprint density at radius 2 is 2.24 bits per heavy atom. The van der Waals surface area contributed by atoms with Gasteiger partial charge in [-0.1, -0.05) is 11.3 Å². The molecule has 4 rings (SSSR count). The maximum Gasteiger partial charge on any atom is 0.270 e. The zero-order chi connectivity index (χ0) is 20.8. The largest absolute Gasteiger partial charge is 0.446 e. The number of amides is 1. The van der Waals surface area contributed by atoms with Crippen LogP contribution in [0.1, 0.15) is 31.3 Å². The Bertz CT molecular complexity index is 1020. The predicted molar refractivity (Wildman–Crippen MR) is 112 cm³/mol. The number of hydrogen-bond donors (Lipinski definition) is 3. The topological polar surface area (TPSA) is 127 Å². The van der Waals surface area contributed by atoms with E-state index in [1.807, 2.05) is 6.20 Å². The zero-order valence-electron chi connectivity index (χ0n) is 15.7. The van der Waals surface area contributed by atoms with Crippen LogP contribution >= 0.6 is 22.9 Å². The molecule has 3 aromatic heterocycles. The highest BCUT2D eigenvalue weighted by Gasteiger charge is 2.28. The first-order chi connectivity index (χ1) is 14.2. The Labute approximate surface area is 175 Å². The summed E-state index contributed by atoms with van der Waals surface area (Å²) in [5.74, 6) is 0.0679. The summed E-state index contributed by atoms with van der Waals surface area (Å²) in [5, 5.41) is 12.0. The fourth-order valence-corrected chi connectivity index (χ4v) is 4.94. The van der Waals surface area contributed by atoms with E-state index in [0.29, 0.717) is 15.7 Å². The highest BCUT2D eigenvalue weighted by molar-refractivity contribution is 7.17. The van der Waals surface area contributed by atoms with Gasteiger partial charge in [0.2, 0.25) is 0 Å². The molecule has 4 N–H and O–H groups in total. The summed E-state index contributed by atoms with van der Waals surface area (Å²) in [6, 6.07) is 3.20. The lowest BCUT2D eigenvalue weighted by atomic mass is 9.93. The van der Waals surface area contributed by atoms with Crippen molar-refractivity contribution < 1.29 is 19.4 Å². The number of aldehydes is 1. The van der Waals surface area contributed by atoms with Gasteiger partial charge in [-0.15, -0.1) is 0 Å². The Hall–Kier alpha value is -2.66. The van der Waals surface area contributed by atoms with Crippen LogP contribution in [0.3, 0.4) is 0 Å². The molecule has 3 heterocycles. The molecule has 0 aliphatic heterocycles. The van der Waals surface area contributed by atoms with Crippen molar-refractivity contribution in [2.24, 2.45) is 5.73 Å². The minimum atomic E-state index is -0.388. The van der Waals surface area contributed by atoms with Crippen LogP contribution in [-0.2, 0) is 12.8 Å². The van der Waals surface area contributed by atoms with E-state index < -0.39 is 0 Å². The third-order valence-electron chi connectivity index (χ3n) is 4.20. The molecule has 0 unspecified atom stereocenters. The van der Waals surface area contributed by atoms with E-state index in [1.54, 1.807) is 6.07 Å². The van der Waals surface area contributed by atoms with Crippen molar-refractivity contribution in [2.75, 3.05) is 20.2 Å². The average Bonchev–Trinajstić information content (AvgIpc) is 3.37. The third kappa shape index (κ3) is 4.35. The van der Waals surface area contributed by atoms with Crippen LogP contribution in [0.4, 0.5) is 0 Å². The molecule has 0 radical (unpaired) electrons. The number of nitrogens with zero attached hydrogens (tertiary/aromatic N) is 2. The molecule has 1 aliphatic rings. The Kier molecular flexibility index (Phi) is 7.04. The molecule has 0 aromatic carbocycles. The zero-order valence-corrected chi connectivity index (χ0v) is 17.3. The van der Waals surface area contributed by atoms with Gasteiger partial charge in [0.05, 0.1) is 21.9 Å². The highest BCUT2D eigenvalue weighted by Crippen LogP contribution is 2.49. The number of carbonyl (C=O) groups is 2. The lowest BCUT2D eigenvalue weighted by molar-refractivity contribution is 0.0939. The van der Waals surface area contributed by atoms with Gasteiger partial charge in [0.25, 0.3) is 5.91 Å². The van der Waals surface area contributed by atoms with Crippen LogP contribution in [-0.4, -0.2) is 46.9 Å². The van der Waals surface area contributed by atoms with Crippen molar-refractivity contribution in [3.05, 3.63) is 46.2 Å². The van der Waals surface area contributed by atoms with Crippen molar-refractivity contribution in [3.63, 3.8) is 0 Å². The number of ether oxygens (including phenoxy) is 1. The number of fused-ring (bicyclic) bond motifs is 3. The number of aliphatic hydroxyl groups is 1. The lowest BCUT2D eigenvalue weighted by Crippen LogP contribution is -2.27. The molecule has 0 bridgehead atoms. The van der Waals surface area contributed by atoms with Crippen molar-refractivity contribution in [1.82, 2.24) is 14.7 Å². The monoisotopic (exact) mass is 432 g/mol. The van der Waals surface area contributed by atoms with Crippen molar-refractivity contribution in [3.8, 4) is 21.3 Å². The maximum atomic E-state index is 12.0. The van der Waals surface area contributed by atoms with E-state index in [2.05, 4.69) is 20.4 Å². The smallest absolute Gasteiger partial charge is 0.270 e. The molecule has 0 spiro atoms. The lowest BCUT2D eigenvalue weighted by Gasteiger charge is -2.14. The number of hydrogen-bond acceptors (Lipinski definition) is 9. The molecular formula is C19H20N4O4S2. The number of carbonyl (C=O) groups excluding carboxylic acids is 2. The molecule has 0 atom stereocenters. The van der Waals surface area contributed by atoms with Gasteiger partial charge >= 0.3 is 0 Å². The summed E-state index contributed by atoms with van der Waals surface area (Å²) in [6.45, 7) is 0.00972.